The summed E-state index contributed by atoms with van der Waals surface area (Å²) in [5.74, 6) is 1.44. The first kappa shape index (κ1) is 16.1. The summed E-state index contributed by atoms with van der Waals surface area (Å²) < 4.78 is 1.54. The van der Waals surface area contributed by atoms with Gasteiger partial charge in [-0.1, -0.05) is 0 Å². The molecule has 0 bridgehead atoms. The molecule has 1 aliphatic heterocycles. The second-order valence-electron chi connectivity index (χ2n) is 5.94. The molecule has 1 N–H and O–H groups in total. The molecule has 1 aliphatic rings. The molecule has 1 saturated heterocycles. The van der Waals surface area contributed by atoms with E-state index in [9.17, 15) is 4.79 Å². The highest BCUT2D eigenvalue weighted by Gasteiger charge is 2.27. The Kier molecular flexibility index (Phi) is 4.46. The third kappa shape index (κ3) is 3.48. The van der Waals surface area contributed by atoms with Crippen LogP contribution in [-0.2, 0) is 4.79 Å². The number of rotatable bonds is 4. The summed E-state index contributed by atoms with van der Waals surface area (Å²) in [7, 11) is 0. The lowest BCUT2D eigenvalue weighted by molar-refractivity contribution is -0.120. The summed E-state index contributed by atoms with van der Waals surface area (Å²) in [6.45, 7) is 1.42. The summed E-state index contributed by atoms with van der Waals surface area (Å²) >= 11 is 0. The number of aromatic nitrogens is 7. The van der Waals surface area contributed by atoms with Crippen molar-refractivity contribution >= 4 is 17.7 Å². The van der Waals surface area contributed by atoms with Gasteiger partial charge in [-0.3, -0.25) is 10.1 Å². The van der Waals surface area contributed by atoms with E-state index in [0.29, 0.717) is 18.3 Å². The fraction of sp³-hybridized carbons (Fsp3) is 0.312. The Bertz CT molecular complexity index is 851. The van der Waals surface area contributed by atoms with Crippen molar-refractivity contribution in [3.05, 3.63) is 43.2 Å². The van der Waals surface area contributed by atoms with Crippen molar-refractivity contribution in [2.24, 2.45) is 5.92 Å². The summed E-state index contributed by atoms with van der Waals surface area (Å²) in [5.41, 5.74) is 0. The van der Waals surface area contributed by atoms with Gasteiger partial charge in [0.2, 0.25) is 11.9 Å². The largest absolute Gasteiger partial charge is 0.354 e. The van der Waals surface area contributed by atoms with Gasteiger partial charge in [0.15, 0.2) is 11.6 Å². The lowest BCUT2D eigenvalue weighted by Crippen LogP contribution is -2.41. The molecule has 0 radical (unpaired) electrons. The molecule has 1 amide bonds. The average Bonchev–Trinajstić information content (AvgIpc) is 3.24. The number of piperidine rings is 1. The quantitative estimate of drug-likeness (QED) is 0.730. The highest BCUT2D eigenvalue weighted by atomic mass is 16.2. The maximum Gasteiger partial charge on any atom is 0.231 e. The third-order valence-corrected chi connectivity index (χ3v) is 4.21. The molecule has 1 atom stereocenters. The van der Waals surface area contributed by atoms with E-state index in [2.05, 4.69) is 40.5 Å². The van der Waals surface area contributed by atoms with Gasteiger partial charge >= 0.3 is 0 Å². The van der Waals surface area contributed by atoms with Crippen LogP contribution in [0.25, 0.3) is 5.82 Å². The number of anilines is 2. The predicted octanol–water partition coefficient (Wildman–Crippen LogP) is 0.702. The zero-order chi connectivity index (χ0) is 17.8. The number of carbonyl (C=O) groups is 1. The Balaban J connectivity index is 1.42. The highest BCUT2D eigenvalue weighted by Crippen LogP contribution is 2.22. The number of amides is 1. The molecule has 0 saturated carbocycles. The molecule has 0 aliphatic carbocycles. The van der Waals surface area contributed by atoms with E-state index in [4.69, 9.17) is 0 Å². The van der Waals surface area contributed by atoms with Gasteiger partial charge < -0.3 is 4.90 Å². The first-order valence-electron chi connectivity index (χ1n) is 8.31. The van der Waals surface area contributed by atoms with Crippen LogP contribution in [0, 0.1) is 5.92 Å². The van der Waals surface area contributed by atoms with Crippen LogP contribution in [0.3, 0.4) is 0 Å². The normalized spacial score (nSPS) is 17.1. The van der Waals surface area contributed by atoms with Crippen LogP contribution in [0.1, 0.15) is 12.8 Å². The highest BCUT2D eigenvalue weighted by molar-refractivity contribution is 5.91. The van der Waals surface area contributed by atoms with Crippen LogP contribution in [0.2, 0.25) is 0 Å². The van der Waals surface area contributed by atoms with E-state index in [1.807, 2.05) is 12.1 Å². The van der Waals surface area contributed by atoms with Gasteiger partial charge in [0.05, 0.1) is 5.92 Å². The molecule has 4 heterocycles. The molecule has 3 aromatic heterocycles. The Morgan fingerprint density at radius 3 is 2.69 bits per heavy atom. The second kappa shape index (κ2) is 7.21. The zero-order valence-electron chi connectivity index (χ0n) is 13.9. The minimum absolute atomic E-state index is 0.0758. The summed E-state index contributed by atoms with van der Waals surface area (Å²) in [5, 5.41) is 15.2. The maximum atomic E-state index is 12.5. The second-order valence-corrected chi connectivity index (χ2v) is 5.94. The molecule has 3 aromatic rings. The van der Waals surface area contributed by atoms with E-state index in [1.54, 1.807) is 29.5 Å². The summed E-state index contributed by atoms with van der Waals surface area (Å²) in [4.78, 5) is 26.5. The standard InChI is InChI=1S/C16H17N9O/c26-15(21-16-18-6-2-7-19-16)12-3-1-8-24(9-12)13-4-5-14(23-22-13)25-11-17-10-20-25/h2,4-7,10-12H,1,3,8-9H2,(H,18,19,21,26). The number of nitrogens with one attached hydrogen (secondary N) is 1. The molecular weight excluding hydrogens is 334 g/mol. The molecular formula is C16H17N9O. The van der Waals surface area contributed by atoms with Crippen molar-refractivity contribution in [1.29, 1.82) is 0 Å². The fourth-order valence-corrected chi connectivity index (χ4v) is 2.91. The molecule has 4 rings (SSSR count). The predicted molar refractivity (Wildman–Crippen MR) is 92.5 cm³/mol. The fourth-order valence-electron chi connectivity index (χ4n) is 2.91. The molecule has 1 unspecified atom stereocenters. The van der Waals surface area contributed by atoms with Crippen molar-refractivity contribution in [1.82, 2.24) is 34.9 Å². The Morgan fingerprint density at radius 1 is 1.15 bits per heavy atom. The van der Waals surface area contributed by atoms with E-state index in [-0.39, 0.29) is 11.8 Å². The van der Waals surface area contributed by atoms with E-state index in [1.165, 1.54) is 6.33 Å². The number of carbonyl (C=O) groups excluding carboxylic acids is 1. The van der Waals surface area contributed by atoms with Gasteiger partial charge in [0.25, 0.3) is 0 Å². The Morgan fingerprint density at radius 2 is 1.96 bits per heavy atom. The van der Waals surface area contributed by atoms with Crippen LogP contribution in [0.4, 0.5) is 11.8 Å². The number of hydrogen-bond acceptors (Lipinski definition) is 8. The van der Waals surface area contributed by atoms with Crippen molar-refractivity contribution < 1.29 is 4.79 Å². The molecule has 10 nitrogen and oxygen atoms in total. The summed E-state index contributed by atoms with van der Waals surface area (Å²) in [6, 6.07) is 5.42. The molecule has 0 aromatic carbocycles. The van der Waals surface area contributed by atoms with Crippen LogP contribution < -0.4 is 10.2 Å². The van der Waals surface area contributed by atoms with Crippen LogP contribution >= 0.6 is 0 Å². The molecule has 10 heteroatoms. The van der Waals surface area contributed by atoms with Crippen LogP contribution in [-0.4, -0.2) is 53.9 Å². The van der Waals surface area contributed by atoms with Crippen LogP contribution in [0.15, 0.2) is 43.2 Å². The van der Waals surface area contributed by atoms with Crippen LogP contribution in [0.5, 0.6) is 0 Å². The van der Waals surface area contributed by atoms with E-state index in [0.717, 1.165) is 25.2 Å². The molecule has 132 valence electrons. The first-order valence-corrected chi connectivity index (χ1v) is 8.31. The number of nitrogens with zero attached hydrogens (tertiary/aromatic N) is 8. The Labute approximate surface area is 149 Å². The lowest BCUT2D eigenvalue weighted by Gasteiger charge is -2.32. The van der Waals surface area contributed by atoms with Gasteiger partial charge in [-0.15, -0.1) is 10.2 Å². The third-order valence-electron chi connectivity index (χ3n) is 4.21. The van der Waals surface area contributed by atoms with Gasteiger partial charge in [0, 0.05) is 25.5 Å². The number of hydrogen-bond donors (Lipinski definition) is 1. The van der Waals surface area contributed by atoms with E-state index < -0.39 is 0 Å². The minimum atomic E-state index is -0.149. The molecule has 0 spiro atoms. The lowest BCUT2D eigenvalue weighted by atomic mass is 9.97. The van der Waals surface area contributed by atoms with Crippen molar-refractivity contribution in [2.45, 2.75) is 12.8 Å². The first-order chi connectivity index (χ1) is 12.8. The average molecular weight is 351 g/mol. The monoisotopic (exact) mass is 351 g/mol. The van der Waals surface area contributed by atoms with Crippen molar-refractivity contribution in [2.75, 3.05) is 23.3 Å². The van der Waals surface area contributed by atoms with E-state index >= 15 is 0 Å². The zero-order valence-corrected chi connectivity index (χ0v) is 13.9. The van der Waals surface area contributed by atoms with Crippen molar-refractivity contribution in [3.8, 4) is 5.82 Å². The van der Waals surface area contributed by atoms with Gasteiger partial charge in [0.1, 0.15) is 12.7 Å². The topological polar surface area (TPSA) is 115 Å². The smallest absolute Gasteiger partial charge is 0.231 e. The maximum absolute atomic E-state index is 12.5. The SMILES string of the molecule is O=C(Nc1ncccn1)C1CCCN(c2ccc(-n3cncn3)nn2)C1. The minimum Gasteiger partial charge on any atom is -0.354 e. The van der Waals surface area contributed by atoms with Gasteiger partial charge in [-0.05, 0) is 31.0 Å². The van der Waals surface area contributed by atoms with Crippen molar-refractivity contribution in [3.63, 3.8) is 0 Å². The molecule has 1 fully saturated rings. The Hall–Kier alpha value is -3.43. The summed E-state index contributed by atoms with van der Waals surface area (Å²) in [6.07, 6.45) is 7.93. The van der Waals surface area contributed by atoms with Gasteiger partial charge in [-0.25, -0.2) is 19.6 Å². The molecule has 26 heavy (non-hydrogen) atoms. The van der Waals surface area contributed by atoms with Gasteiger partial charge in [-0.2, -0.15) is 5.10 Å².